The molecule has 0 saturated heterocycles. The van der Waals surface area contributed by atoms with Crippen molar-refractivity contribution in [2.45, 2.75) is 24.2 Å². The van der Waals surface area contributed by atoms with Gasteiger partial charge >= 0.3 is 0 Å². The van der Waals surface area contributed by atoms with Crippen molar-refractivity contribution in [3.8, 4) is 0 Å². The third-order valence-electron chi connectivity index (χ3n) is 2.89. The van der Waals surface area contributed by atoms with E-state index < -0.39 is 10.0 Å². The van der Waals surface area contributed by atoms with E-state index in [0.29, 0.717) is 5.92 Å². The molecule has 1 aliphatic rings. The Balaban J connectivity index is 1.99. The second-order valence-electron chi connectivity index (χ2n) is 4.37. The molecule has 6 heteroatoms. The van der Waals surface area contributed by atoms with Crippen LogP contribution in [-0.2, 0) is 10.0 Å². The second kappa shape index (κ2) is 6.34. The first-order valence-electron chi connectivity index (χ1n) is 6.03. The van der Waals surface area contributed by atoms with Crippen LogP contribution < -0.4 is 4.83 Å². The fourth-order valence-corrected chi connectivity index (χ4v) is 2.89. The second-order valence-corrected chi connectivity index (χ2v) is 6.95. The molecule has 4 nitrogen and oxygen atoms in total. The molecule has 1 aromatic carbocycles. The maximum atomic E-state index is 11.9. The highest BCUT2D eigenvalue weighted by Crippen LogP contribution is 2.16. The summed E-state index contributed by atoms with van der Waals surface area (Å²) in [6.07, 6.45) is 8.87. The molecule has 0 aliphatic heterocycles. The zero-order valence-corrected chi connectivity index (χ0v) is 12.7. The molecular formula is C13H15BrN2O2S. The molecule has 2 rings (SSSR count). The van der Waals surface area contributed by atoms with E-state index in [1.165, 1.54) is 12.1 Å². The van der Waals surface area contributed by atoms with Gasteiger partial charge in [-0.3, -0.25) is 0 Å². The van der Waals surface area contributed by atoms with E-state index in [4.69, 9.17) is 0 Å². The smallest absolute Gasteiger partial charge is 0.200 e. The zero-order valence-electron chi connectivity index (χ0n) is 10.3. The van der Waals surface area contributed by atoms with E-state index in [1.807, 2.05) is 0 Å². The van der Waals surface area contributed by atoms with E-state index in [0.717, 1.165) is 23.7 Å². The Hall–Kier alpha value is -1.14. The minimum absolute atomic E-state index is 0.205. The summed E-state index contributed by atoms with van der Waals surface area (Å²) >= 11 is 3.27. The Morgan fingerprint density at radius 2 is 2.00 bits per heavy atom. The van der Waals surface area contributed by atoms with Crippen LogP contribution in [0.2, 0.25) is 0 Å². The SMILES string of the molecule is O=S(=O)(N/N=C\[C@H]1CC=CCC1)c1ccc(Br)cc1. The van der Waals surface area contributed by atoms with Crippen LogP contribution >= 0.6 is 15.9 Å². The molecule has 0 fully saturated rings. The Morgan fingerprint density at radius 3 is 2.63 bits per heavy atom. The quantitative estimate of drug-likeness (QED) is 0.519. The van der Waals surface area contributed by atoms with Gasteiger partial charge in [0.1, 0.15) is 0 Å². The van der Waals surface area contributed by atoms with Gasteiger partial charge in [0.2, 0.25) is 0 Å². The van der Waals surface area contributed by atoms with Gasteiger partial charge < -0.3 is 0 Å². The van der Waals surface area contributed by atoms with Crippen LogP contribution in [0.1, 0.15) is 19.3 Å². The Kier molecular flexibility index (Phi) is 4.76. The van der Waals surface area contributed by atoms with Crippen LogP contribution in [0, 0.1) is 5.92 Å². The van der Waals surface area contributed by atoms with Crippen LogP contribution in [0.3, 0.4) is 0 Å². The van der Waals surface area contributed by atoms with Gasteiger partial charge in [-0.05, 0) is 49.4 Å². The van der Waals surface area contributed by atoms with Gasteiger partial charge in [0, 0.05) is 10.7 Å². The molecule has 0 spiro atoms. The molecule has 1 atom stereocenters. The molecule has 1 aliphatic carbocycles. The maximum absolute atomic E-state index is 11.9. The number of hydrazone groups is 1. The summed E-state index contributed by atoms with van der Waals surface area (Å²) in [5, 5.41) is 3.86. The van der Waals surface area contributed by atoms with Gasteiger partial charge in [-0.15, -0.1) is 0 Å². The molecule has 1 N–H and O–H groups in total. The molecule has 0 radical (unpaired) electrons. The average molecular weight is 343 g/mol. The van der Waals surface area contributed by atoms with Crippen LogP contribution in [0.25, 0.3) is 0 Å². The highest BCUT2D eigenvalue weighted by atomic mass is 79.9. The van der Waals surface area contributed by atoms with Gasteiger partial charge in [0.15, 0.2) is 0 Å². The molecule has 0 unspecified atom stereocenters. The fourth-order valence-electron chi connectivity index (χ4n) is 1.82. The first kappa shape index (κ1) is 14.3. The minimum atomic E-state index is -3.56. The summed E-state index contributed by atoms with van der Waals surface area (Å²) in [5.41, 5.74) is 0. The zero-order chi connectivity index (χ0) is 13.7. The van der Waals surface area contributed by atoms with Crippen molar-refractivity contribution in [1.82, 2.24) is 4.83 Å². The minimum Gasteiger partial charge on any atom is -0.200 e. The monoisotopic (exact) mass is 342 g/mol. The molecule has 0 aromatic heterocycles. The number of hydrogen-bond acceptors (Lipinski definition) is 3. The lowest BCUT2D eigenvalue weighted by Gasteiger charge is -2.12. The molecule has 0 heterocycles. The van der Waals surface area contributed by atoms with Crippen molar-refractivity contribution in [1.29, 1.82) is 0 Å². The third-order valence-corrected chi connectivity index (χ3v) is 4.66. The number of sulfonamides is 1. The number of allylic oxidation sites excluding steroid dienone is 2. The van der Waals surface area contributed by atoms with Crippen molar-refractivity contribution >= 4 is 32.2 Å². The van der Waals surface area contributed by atoms with Gasteiger partial charge in [-0.2, -0.15) is 13.5 Å². The highest BCUT2D eigenvalue weighted by molar-refractivity contribution is 9.10. The van der Waals surface area contributed by atoms with E-state index in [-0.39, 0.29) is 4.90 Å². The number of nitrogens with zero attached hydrogens (tertiary/aromatic N) is 1. The van der Waals surface area contributed by atoms with E-state index in [2.05, 4.69) is 38.0 Å². The van der Waals surface area contributed by atoms with Crippen molar-refractivity contribution in [3.05, 3.63) is 40.9 Å². The molecule has 0 saturated carbocycles. The lowest BCUT2D eigenvalue weighted by atomic mass is 9.96. The Morgan fingerprint density at radius 1 is 1.26 bits per heavy atom. The van der Waals surface area contributed by atoms with E-state index in [1.54, 1.807) is 18.3 Å². The summed E-state index contributed by atoms with van der Waals surface area (Å²) in [7, 11) is -3.56. The lowest BCUT2D eigenvalue weighted by molar-refractivity contribution is 0.582. The number of benzene rings is 1. The molecule has 0 bridgehead atoms. The maximum Gasteiger partial charge on any atom is 0.276 e. The van der Waals surface area contributed by atoms with Crippen molar-refractivity contribution in [3.63, 3.8) is 0 Å². The molecular weight excluding hydrogens is 328 g/mol. The van der Waals surface area contributed by atoms with E-state index >= 15 is 0 Å². The standard InChI is InChI=1S/C13H15BrN2O2S/c14-12-6-8-13(9-7-12)19(17,18)16-15-10-11-4-2-1-3-5-11/h1-2,6-11,16H,3-5H2/b15-10-/t11-/m0/s1. The largest absolute Gasteiger partial charge is 0.276 e. The first-order valence-corrected chi connectivity index (χ1v) is 8.31. The van der Waals surface area contributed by atoms with Gasteiger partial charge in [-0.25, -0.2) is 4.83 Å². The summed E-state index contributed by atoms with van der Waals surface area (Å²) in [6.45, 7) is 0. The molecule has 102 valence electrons. The molecule has 0 amide bonds. The van der Waals surface area contributed by atoms with Gasteiger partial charge in [0.25, 0.3) is 10.0 Å². The lowest BCUT2D eigenvalue weighted by Crippen LogP contribution is -2.19. The van der Waals surface area contributed by atoms with Crippen molar-refractivity contribution in [2.75, 3.05) is 0 Å². The summed E-state index contributed by atoms with van der Waals surface area (Å²) in [6, 6.07) is 6.44. The Bertz CT molecular complexity index is 579. The molecule has 19 heavy (non-hydrogen) atoms. The summed E-state index contributed by atoms with van der Waals surface area (Å²) in [4.78, 5) is 2.45. The predicted octanol–water partition coefficient (Wildman–Crippen LogP) is 3.07. The summed E-state index contributed by atoms with van der Waals surface area (Å²) in [5.74, 6) is 0.317. The number of nitrogens with one attached hydrogen (secondary N) is 1. The fraction of sp³-hybridized carbons (Fsp3) is 0.308. The van der Waals surface area contributed by atoms with Crippen LogP contribution in [0.4, 0.5) is 0 Å². The topological polar surface area (TPSA) is 58.5 Å². The third kappa shape index (κ3) is 4.18. The van der Waals surface area contributed by atoms with Crippen LogP contribution in [-0.4, -0.2) is 14.6 Å². The van der Waals surface area contributed by atoms with Crippen molar-refractivity contribution in [2.24, 2.45) is 11.0 Å². The van der Waals surface area contributed by atoms with Crippen LogP contribution in [0.15, 0.2) is 50.9 Å². The molecule has 1 aromatic rings. The first-order chi connectivity index (χ1) is 9.08. The van der Waals surface area contributed by atoms with E-state index in [9.17, 15) is 8.42 Å². The van der Waals surface area contributed by atoms with Crippen LogP contribution in [0.5, 0.6) is 0 Å². The van der Waals surface area contributed by atoms with Crippen molar-refractivity contribution < 1.29 is 8.42 Å². The summed E-state index contributed by atoms with van der Waals surface area (Å²) < 4.78 is 24.7. The normalized spacial score (nSPS) is 19.7. The van der Waals surface area contributed by atoms with Gasteiger partial charge in [-0.1, -0.05) is 28.1 Å². The number of halogens is 1. The highest BCUT2D eigenvalue weighted by Gasteiger charge is 2.12. The number of hydrogen-bond donors (Lipinski definition) is 1. The predicted molar refractivity (Wildman–Crippen MR) is 79.4 cm³/mol. The number of rotatable bonds is 4. The average Bonchev–Trinajstić information content (AvgIpc) is 2.40. The Labute approximate surface area is 121 Å². The van der Waals surface area contributed by atoms with Gasteiger partial charge in [0.05, 0.1) is 4.90 Å².